The van der Waals surface area contributed by atoms with Crippen LogP contribution in [0, 0.1) is 0 Å². The van der Waals surface area contributed by atoms with E-state index >= 15 is 0 Å². The highest BCUT2D eigenvalue weighted by Crippen LogP contribution is 2.41. The highest BCUT2D eigenvalue weighted by atomic mass is 28.2. The Balaban J connectivity index is 1.10. The maximum atomic E-state index is 2.51. The van der Waals surface area contributed by atoms with E-state index in [1.807, 2.05) is 0 Å². The van der Waals surface area contributed by atoms with Gasteiger partial charge in [0.05, 0.1) is 5.52 Å². The predicted molar refractivity (Wildman–Crippen MR) is 232 cm³/mol. The van der Waals surface area contributed by atoms with Gasteiger partial charge in [0, 0.05) is 28.4 Å². The molecule has 55 heavy (non-hydrogen) atoms. The van der Waals surface area contributed by atoms with E-state index in [1.165, 1.54) is 77.4 Å². The Morgan fingerprint density at radius 1 is 0.436 bits per heavy atom. The summed E-state index contributed by atoms with van der Waals surface area (Å²) in [6.07, 6.45) is 0.905. The molecule has 1 aliphatic heterocycles. The second-order valence-corrected chi connectivity index (χ2v) is 15.6. The van der Waals surface area contributed by atoms with Crippen LogP contribution in [0.15, 0.2) is 212 Å². The Hall–Kier alpha value is -6.68. The normalized spacial score (nSPS) is 12.6. The molecule has 0 saturated heterocycles. The fourth-order valence-corrected chi connectivity index (χ4v) is 9.73. The van der Waals surface area contributed by atoms with Crippen LogP contribution >= 0.6 is 0 Å². The lowest BCUT2D eigenvalue weighted by Gasteiger charge is -2.34. The number of para-hydroxylation sites is 3. The molecule has 0 fully saturated rings. The average Bonchev–Trinajstić information content (AvgIpc) is 3.59. The minimum Gasteiger partial charge on any atom is -0.296 e. The van der Waals surface area contributed by atoms with Crippen molar-refractivity contribution in [2.45, 2.75) is 12.3 Å². The van der Waals surface area contributed by atoms with Crippen molar-refractivity contribution in [3.8, 4) is 27.9 Å². The van der Waals surface area contributed by atoms with E-state index < -0.39 is 0 Å². The number of fused-ring (bicyclic) bond motifs is 4. The summed E-state index contributed by atoms with van der Waals surface area (Å²) in [6.45, 7) is 0. The molecule has 1 aliphatic rings. The van der Waals surface area contributed by atoms with E-state index in [2.05, 4.69) is 222 Å². The third-order valence-electron chi connectivity index (χ3n) is 10.9. The second-order valence-electron chi connectivity index (χ2n) is 14.3. The predicted octanol–water partition coefficient (Wildman–Crippen LogP) is 11.8. The molecule has 1 aromatic heterocycles. The molecule has 0 bridgehead atoms. The van der Waals surface area contributed by atoms with Crippen LogP contribution in [0.2, 0.25) is 0 Å². The average molecular weight is 719 g/mol. The van der Waals surface area contributed by atoms with E-state index in [9.17, 15) is 0 Å². The van der Waals surface area contributed by atoms with Gasteiger partial charge in [-0.25, -0.2) is 0 Å². The van der Waals surface area contributed by atoms with Gasteiger partial charge < -0.3 is 0 Å². The third-order valence-corrected chi connectivity index (χ3v) is 12.3. The Bertz CT molecular complexity index is 2720. The molecule has 2 radical (unpaired) electrons. The first-order valence-corrected chi connectivity index (χ1v) is 20.0. The molecule has 1 atom stereocenters. The van der Waals surface area contributed by atoms with Gasteiger partial charge in [-0.15, -0.1) is 0 Å². The molecule has 2 nitrogen and oxygen atoms in total. The molecule has 0 amide bonds. The maximum absolute atomic E-state index is 2.51. The summed E-state index contributed by atoms with van der Waals surface area (Å²) >= 11 is 0. The highest BCUT2D eigenvalue weighted by molar-refractivity contribution is 6.74. The molecule has 0 spiro atoms. The minimum atomic E-state index is 0.180. The maximum Gasteiger partial charge on any atom is 0.130 e. The molecule has 3 heteroatoms. The Morgan fingerprint density at radius 3 is 1.58 bits per heavy atom. The SMILES string of the molecule is c1ccc(-c2ccc(CC(c3ccc(-c4ccccc4)cc3)c3ccc4c(c3)[Si]c3c(n(-c5ccccc5)c5ccccc35)N4c3ccccc3)cc2)cc1. The summed E-state index contributed by atoms with van der Waals surface area (Å²) in [5.74, 6) is 1.41. The van der Waals surface area contributed by atoms with Crippen LogP contribution in [-0.2, 0) is 6.42 Å². The molecule has 0 aliphatic carbocycles. The summed E-state index contributed by atoms with van der Waals surface area (Å²) in [5.41, 5.74) is 13.8. The standard InChI is InChI=1S/C52H38N2Si/c1-5-15-38(16-6-1)40-27-25-37(26-28-40)35-47(42-31-29-41(30-32-42)39-17-7-2-8-18-39)43-33-34-49-50(36-43)55-51-46-23-13-14-24-48(46)53(44-19-9-3-10-20-44)52(51)54(49)45-21-11-4-12-22-45/h1-34,36,47H,35H2. The van der Waals surface area contributed by atoms with E-state index in [-0.39, 0.29) is 5.92 Å². The van der Waals surface area contributed by atoms with Crippen LogP contribution in [0.5, 0.6) is 0 Å². The number of benzene rings is 8. The summed E-state index contributed by atoms with van der Waals surface area (Å²) in [5, 5.41) is 4.06. The van der Waals surface area contributed by atoms with Crippen LogP contribution in [-0.4, -0.2) is 14.1 Å². The molecular weight excluding hydrogens is 681 g/mol. The van der Waals surface area contributed by atoms with E-state index in [1.54, 1.807) is 0 Å². The fraction of sp³-hybridized carbons (Fsp3) is 0.0385. The van der Waals surface area contributed by atoms with Gasteiger partial charge in [-0.1, -0.05) is 176 Å². The number of rotatable bonds is 8. The molecule has 0 saturated carbocycles. The molecule has 9 aromatic rings. The molecule has 10 rings (SSSR count). The minimum absolute atomic E-state index is 0.180. The summed E-state index contributed by atoms with van der Waals surface area (Å²) in [4.78, 5) is 2.49. The number of nitrogens with zero attached hydrogens (tertiary/aromatic N) is 2. The summed E-state index contributed by atoms with van der Waals surface area (Å²) < 4.78 is 2.46. The van der Waals surface area contributed by atoms with Crippen molar-refractivity contribution < 1.29 is 0 Å². The van der Waals surface area contributed by atoms with Crippen molar-refractivity contribution >= 4 is 48.0 Å². The lowest BCUT2D eigenvalue weighted by molar-refractivity contribution is 0.806. The second kappa shape index (κ2) is 14.3. The zero-order valence-corrected chi connectivity index (χ0v) is 31.4. The number of hydrogen-bond acceptors (Lipinski definition) is 1. The van der Waals surface area contributed by atoms with Crippen LogP contribution < -0.4 is 15.3 Å². The van der Waals surface area contributed by atoms with Gasteiger partial charge in [0.15, 0.2) is 0 Å². The first-order chi connectivity index (χ1) is 27.3. The van der Waals surface area contributed by atoms with Crippen LogP contribution in [0.1, 0.15) is 22.6 Å². The van der Waals surface area contributed by atoms with Gasteiger partial charge >= 0.3 is 0 Å². The summed E-state index contributed by atoms with van der Waals surface area (Å²) in [6, 6.07) is 77.6. The lowest BCUT2D eigenvalue weighted by Crippen LogP contribution is -2.40. The summed E-state index contributed by atoms with van der Waals surface area (Å²) in [7, 11) is 0.508. The van der Waals surface area contributed by atoms with Gasteiger partial charge in [0.1, 0.15) is 15.3 Å². The number of anilines is 3. The Morgan fingerprint density at radius 2 is 0.945 bits per heavy atom. The molecule has 260 valence electrons. The monoisotopic (exact) mass is 718 g/mol. The molecule has 2 heterocycles. The van der Waals surface area contributed by atoms with Gasteiger partial charge in [-0.2, -0.15) is 0 Å². The van der Waals surface area contributed by atoms with E-state index in [4.69, 9.17) is 0 Å². The van der Waals surface area contributed by atoms with Crippen molar-refractivity contribution in [3.05, 3.63) is 229 Å². The van der Waals surface area contributed by atoms with Crippen LogP contribution in [0.25, 0.3) is 38.8 Å². The zero-order valence-electron chi connectivity index (χ0n) is 30.4. The Labute approximate surface area is 325 Å². The number of aromatic nitrogens is 1. The van der Waals surface area contributed by atoms with Crippen molar-refractivity contribution in [1.29, 1.82) is 0 Å². The Kier molecular flexibility index (Phi) is 8.55. The van der Waals surface area contributed by atoms with Crippen molar-refractivity contribution in [2.75, 3.05) is 4.90 Å². The van der Waals surface area contributed by atoms with Crippen molar-refractivity contribution in [3.63, 3.8) is 0 Å². The first kappa shape index (κ1) is 32.9. The zero-order chi connectivity index (χ0) is 36.6. The molecule has 1 unspecified atom stereocenters. The van der Waals surface area contributed by atoms with Gasteiger partial charge in [-0.05, 0) is 92.1 Å². The van der Waals surface area contributed by atoms with Gasteiger partial charge in [0.2, 0.25) is 0 Å². The third kappa shape index (κ3) is 6.19. The lowest BCUT2D eigenvalue weighted by atomic mass is 9.85. The van der Waals surface area contributed by atoms with Gasteiger partial charge in [-0.3, -0.25) is 9.47 Å². The molecule has 0 N–H and O–H groups in total. The highest BCUT2D eigenvalue weighted by Gasteiger charge is 2.32. The first-order valence-electron chi connectivity index (χ1n) is 19.0. The largest absolute Gasteiger partial charge is 0.296 e. The smallest absolute Gasteiger partial charge is 0.130 e. The molecule has 8 aromatic carbocycles. The number of hydrogen-bond donors (Lipinski definition) is 0. The van der Waals surface area contributed by atoms with Crippen LogP contribution in [0.3, 0.4) is 0 Å². The van der Waals surface area contributed by atoms with Crippen LogP contribution in [0.4, 0.5) is 17.2 Å². The van der Waals surface area contributed by atoms with E-state index in [0.29, 0.717) is 9.52 Å². The molecular formula is C52H38N2Si. The van der Waals surface area contributed by atoms with Crippen molar-refractivity contribution in [1.82, 2.24) is 4.57 Å². The topological polar surface area (TPSA) is 8.17 Å². The fourth-order valence-electron chi connectivity index (χ4n) is 8.22. The van der Waals surface area contributed by atoms with Crippen molar-refractivity contribution in [2.24, 2.45) is 0 Å². The van der Waals surface area contributed by atoms with E-state index in [0.717, 1.165) is 12.1 Å². The van der Waals surface area contributed by atoms with Gasteiger partial charge in [0.25, 0.3) is 0 Å². The quantitative estimate of drug-likeness (QED) is 0.142.